The summed E-state index contributed by atoms with van der Waals surface area (Å²) in [7, 11) is -2.46. The van der Waals surface area contributed by atoms with Crippen LogP contribution in [0.15, 0.2) is 36.3 Å². The van der Waals surface area contributed by atoms with Crippen LogP contribution in [0.4, 0.5) is 11.4 Å². The first-order valence-electron chi connectivity index (χ1n) is 29.6. The van der Waals surface area contributed by atoms with Crippen LogP contribution in [0.3, 0.4) is 0 Å². The Morgan fingerprint density at radius 1 is 0.734 bits per heavy atom. The number of anilines is 2. The second-order valence-corrected chi connectivity index (χ2v) is 20.2. The minimum absolute atomic E-state index is 0.0222. The molecule has 2 amide bonds. The van der Waals surface area contributed by atoms with Gasteiger partial charge in [0, 0.05) is 90.7 Å². The molecule has 64 heavy (non-hydrogen) atoms. The van der Waals surface area contributed by atoms with Crippen molar-refractivity contribution < 1.29 is 44.8 Å². The van der Waals surface area contributed by atoms with Crippen LogP contribution in [0.2, 0.25) is 10.0 Å². The number of fused-ring (bicyclic) bond motifs is 6. The Morgan fingerprint density at radius 2 is 1.22 bits per heavy atom. The number of carboxylic acids is 1. The van der Waals surface area contributed by atoms with Crippen molar-refractivity contribution in [1.82, 2.24) is 28.9 Å². The van der Waals surface area contributed by atoms with E-state index >= 15 is 0 Å². The Bertz CT molecular complexity index is 3180. The smallest absolute Gasteiger partial charge is 0.309 e. The van der Waals surface area contributed by atoms with Crippen LogP contribution in [-0.4, -0.2) is 91.6 Å². The first kappa shape index (κ1) is 29.4. The Balaban J connectivity index is 0.894. The summed E-state index contributed by atoms with van der Waals surface area (Å²) in [5.74, 6) is -4.15. The molecule has 10 rings (SSSR count). The Kier molecular flexibility index (Phi) is 7.60. The van der Waals surface area contributed by atoms with Gasteiger partial charge in [0.15, 0.2) is 11.6 Å². The van der Waals surface area contributed by atoms with Gasteiger partial charge < -0.3 is 29.6 Å². The number of carboxylic acid groups (broad SMARTS) is 1. The van der Waals surface area contributed by atoms with Gasteiger partial charge in [-0.2, -0.15) is 0 Å². The van der Waals surface area contributed by atoms with Crippen LogP contribution >= 0.6 is 23.2 Å². The van der Waals surface area contributed by atoms with Crippen molar-refractivity contribution in [3.8, 4) is 11.1 Å². The average Bonchev–Trinajstić information content (AvgIpc) is 4.48. The number of halogens is 2. The van der Waals surface area contributed by atoms with E-state index in [0.717, 1.165) is 66.9 Å². The lowest BCUT2D eigenvalue weighted by Gasteiger charge is -2.32. The molecule has 4 bridgehead atoms. The zero-order valence-corrected chi connectivity index (χ0v) is 36.9. The van der Waals surface area contributed by atoms with Gasteiger partial charge in [0.05, 0.1) is 57.2 Å². The molecule has 340 valence electrons. The molecule has 0 radical (unpaired) electrons. The van der Waals surface area contributed by atoms with Crippen LogP contribution in [0.1, 0.15) is 142 Å². The number of nitrogens with zero attached hydrogens (tertiary/aromatic N) is 6. The molecule has 4 fully saturated rings. The number of amides is 2. The number of rotatable bonds is 14. The molecule has 15 heteroatoms. The lowest BCUT2D eigenvalue weighted by atomic mass is 9.80. The van der Waals surface area contributed by atoms with Gasteiger partial charge in [-0.3, -0.25) is 24.2 Å². The van der Waals surface area contributed by atoms with E-state index in [2.05, 4.69) is 30.4 Å². The third-order valence-electron chi connectivity index (χ3n) is 15.8. The topological polar surface area (TPSA) is 147 Å². The number of aromatic nitrogens is 4. The lowest BCUT2D eigenvalue weighted by molar-refractivity contribution is -0.148. The van der Waals surface area contributed by atoms with Gasteiger partial charge in [-0.1, -0.05) is 47.4 Å². The molecule has 3 N–H and O–H groups in total. The standard InChI is InChI=1S/C49H60Cl2N8O5/c1-56-37-10-22-58(24-20-46-12-14-48(28-46,15-13-46)30-64-3)26-35(37)52-41(56)43(60)54-33-8-4-6-31(39(33)50)32-7-5-9-34(40(32)51)55-44(61)42-53-36-27-59(23-11-38(36)57(42)2)25-21-47-16-18-49(29-47,19-17-47)45(62)63/h4-9H,10-30H2,1-3H3,(H,54,60)(H,55,61)(H,62,63)/i1D3,2D3,3D3,4D,5D,6D,7D,8D,9D. The number of hydrogen-bond donors (Lipinski definition) is 3. The highest BCUT2D eigenvalue weighted by Gasteiger charge is 2.58. The van der Waals surface area contributed by atoms with Crippen molar-refractivity contribution in [2.24, 2.45) is 35.6 Å². The molecule has 2 aromatic heterocycles. The predicted molar refractivity (Wildman–Crippen MR) is 247 cm³/mol. The van der Waals surface area contributed by atoms with Gasteiger partial charge in [0.2, 0.25) is 0 Å². The molecule has 6 aliphatic rings. The van der Waals surface area contributed by atoms with Crippen LogP contribution in [0.25, 0.3) is 11.1 Å². The maximum Gasteiger partial charge on any atom is 0.309 e. The Hall–Kier alpha value is -4.27. The molecule has 0 spiro atoms. The van der Waals surface area contributed by atoms with Crippen molar-refractivity contribution in [3.63, 3.8) is 0 Å². The number of carbonyl (C=O) groups excluding carboxylic acids is 2. The summed E-state index contributed by atoms with van der Waals surface area (Å²) in [6.07, 6.45) is 10.0. The molecule has 0 unspecified atom stereocenters. The third kappa shape index (κ3) is 7.66. The van der Waals surface area contributed by atoms with Gasteiger partial charge in [0.1, 0.15) is 0 Å². The first-order chi connectivity index (χ1) is 36.8. The van der Waals surface area contributed by atoms with E-state index in [1.54, 1.807) is 0 Å². The summed E-state index contributed by atoms with van der Waals surface area (Å²) in [6.45, 7) is -3.09. The van der Waals surface area contributed by atoms with E-state index < -0.39 is 125 Å². The van der Waals surface area contributed by atoms with E-state index in [1.807, 2.05) is 0 Å². The molecule has 4 aliphatic carbocycles. The fraction of sp³-hybridized carbons (Fsp3) is 0.571. The number of hydrogen-bond acceptors (Lipinski definition) is 8. The maximum absolute atomic E-state index is 14.3. The number of aliphatic carboxylic acids is 1. The average molecular weight is 927 g/mol. The minimum atomic E-state index is -2.91. The maximum atomic E-state index is 14.3. The van der Waals surface area contributed by atoms with Gasteiger partial charge in [-0.25, -0.2) is 9.97 Å². The molecular formula is C49H60Cl2N8O5. The summed E-state index contributed by atoms with van der Waals surface area (Å²) >= 11 is 13.9. The zero-order valence-electron chi connectivity index (χ0n) is 50.4. The third-order valence-corrected chi connectivity index (χ3v) is 16.6. The molecule has 0 saturated heterocycles. The number of methoxy groups -OCH3 is 1. The van der Waals surface area contributed by atoms with E-state index in [-0.39, 0.29) is 54.5 Å². The number of ether oxygens (including phenoxy) is 1. The zero-order chi connectivity index (χ0) is 57.3. The molecule has 4 heterocycles. The Labute approximate surface area is 406 Å². The van der Waals surface area contributed by atoms with E-state index in [4.69, 9.17) is 48.5 Å². The molecule has 13 nitrogen and oxygen atoms in total. The van der Waals surface area contributed by atoms with Crippen LogP contribution < -0.4 is 10.6 Å². The van der Waals surface area contributed by atoms with Crippen molar-refractivity contribution in [2.45, 2.75) is 103 Å². The molecular weight excluding hydrogens is 851 g/mol. The largest absolute Gasteiger partial charge is 0.481 e. The SMILES string of the molecule is [2H]c1c([2H])c(NC(=O)c2nc3c(n2C([2H])([2H])[2H])CCN(CCC24CCC(COC([2H])([2H])[2H])(CC2)C4)C3)c(Cl)c(-c2c([2H])c([2H])c([2H])c(NC(=O)c3nc4c(n3C([2H])([2H])[2H])CCN(CCC35CCC(C(=O)O)(CC3)C5)C4)c2Cl)c1[2H]. The Morgan fingerprint density at radius 3 is 1.69 bits per heavy atom. The first-order valence-corrected chi connectivity index (χ1v) is 22.8. The number of carbonyl (C=O) groups is 3. The van der Waals surface area contributed by atoms with Gasteiger partial charge in [-0.15, -0.1) is 0 Å². The highest BCUT2D eigenvalue weighted by atomic mass is 35.5. The summed E-state index contributed by atoms with van der Waals surface area (Å²) in [5, 5.41) is 13.5. The van der Waals surface area contributed by atoms with E-state index in [0.29, 0.717) is 62.5 Å². The van der Waals surface area contributed by atoms with E-state index in [1.165, 1.54) is 0 Å². The van der Waals surface area contributed by atoms with Gasteiger partial charge in [-0.05, 0) is 118 Å². The fourth-order valence-corrected chi connectivity index (χ4v) is 12.6. The van der Waals surface area contributed by atoms with Gasteiger partial charge >= 0.3 is 5.97 Å². The van der Waals surface area contributed by atoms with Crippen LogP contribution in [-0.2, 0) is 49.4 Å². The predicted octanol–water partition coefficient (Wildman–Crippen LogP) is 8.76. The minimum Gasteiger partial charge on any atom is -0.481 e. The number of benzene rings is 2. The quantitative estimate of drug-likeness (QED) is 0.113. The number of imidazole rings is 2. The van der Waals surface area contributed by atoms with Crippen molar-refractivity contribution in [1.29, 1.82) is 0 Å². The summed E-state index contributed by atoms with van der Waals surface area (Å²) in [5.41, 5.74) is -1.99. The molecule has 2 aromatic carbocycles. The number of nitrogens with one attached hydrogen (secondary N) is 2. The summed E-state index contributed by atoms with van der Waals surface area (Å²) in [4.78, 5) is 54.0. The highest BCUT2D eigenvalue weighted by Crippen LogP contribution is 2.64. The molecule has 0 atom stereocenters. The summed E-state index contributed by atoms with van der Waals surface area (Å²) in [6, 6.07) is -4.82. The van der Waals surface area contributed by atoms with Gasteiger partial charge in [0.25, 0.3) is 11.8 Å². The normalized spacial score (nSPS) is 31.2. The van der Waals surface area contributed by atoms with Crippen molar-refractivity contribution in [3.05, 3.63) is 80.7 Å². The lowest BCUT2D eigenvalue weighted by Crippen LogP contribution is -2.34. The van der Waals surface area contributed by atoms with Crippen molar-refractivity contribution >= 4 is 52.4 Å². The van der Waals surface area contributed by atoms with Crippen molar-refractivity contribution in [2.75, 3.05) is 50.5 Å². The second-order valence-electron chi connectivity index (χ2n) is 19.4. The van der Waals surface area contributed by atoms with E-state index in [9.17, 15) is 19.5 Å². The molecule has 4 aromatic rings. The monoisotopic (exact) mass is 926 g/mol. The highest BCUT2D eigenvalue weighted by molar-refractivity contribution is 6.40. The molecule has 2 aliphatic heterocycles. The van der Waals surface area contributed by atoms with Crippen LogP contribution in [0, 0.1) is 21.7 Å². The molecule has 4 saturated carbocycles. The fourth-order valence-electron chi connectivity index (χ4n) is 12.1. The second kappa shape index (κ2) is 16.6. The van der Waals surface area contributed by atoms with Crippen LogP contribution in [0.5, 0.6) is 0 Å². The summed E-state index contributed by atoms with van der Waals surface area (Å²) < 4.78 is 133.